The summed E-state index contributed by atoms with van der Waals surface area (Å²) >= 11 is 0. The van der Waals surface area contributed by atoms with E-state index in [1.54, 1.807) is 58.9 Å². The Bertz CT molecular complexity index is 1410. The number of amides is 6. The van der Waals surface area contributed by atoms with Crippen LogP contribution in [0.2, 0.25) is 0 Å². The Labute approximate surface area is 321 Å². The highest BCUT2D eigenvalue weighted by Crippen LogP contribution is 2.18. The molecule has 18 nitrogen and oxygen atoms in total. The maximum atomic E-state index is 13.2. The van der Waals surface area contributed by atoms with Gasteiger partial charge in [0.25, 0.3) is 6.47 Å². The van der Waals surface area contributed by atoms with Gasteiger partial charge in [0, 0.05) is 18.0 Å². The van der Waals surface area contributed by atoms with Gasteiger partial charge in [-0.05, 0) is 37.5 Å². The van der Waals surface area contributed by atoms with Gasteiger partial charge in [-0.1, -0.05) is 32.9 Å². The Morgan fingerprint density at radius 1 is 0.927 bits per heavy atom. The molecule has 1 aliphatic rings. The number of carbonyl (C=O) groups is 7. The van der Waals surface area contributed by atoms with E-state index in [1.165, 1.54) is 9.80 Å². The van der Waals surface area contributed by atoms with E-state index < -0.39 is 48.4 Å². The molecule has 2 rings (SSSR count). The standard InChI is InChI=1S/C37H57N5O13/c1-26(2)34(35(49)38-21-30(45)39-29-8-6-28(7-9-29)23-55-25-44)40-31(46)22-42(37(4,5)24-43)32(47)10-12-51-14-16-53-18-19-54-17-15-52-13-11-41-33(48)20-27(3)36(41)50/h6-9,25-27,34,43H,10-24H2,1-5H3,(H,38,49)(H,39,45)(H,40,46). The van der Waals surface area contributed by atoms with Crippen LogP contribution in [-0.4, -0.2) is 147 Å². The van der Waals surface area contributed by atoms with Crippen LogP contribution in [0.4, 0.5) is 5.69 Å². The first-order valence-corrected chi connectivity index (χ1v) is 18.3. The molecule has 0 spiro atoms. The molecule has 55 heavy (non-hydrogen) atoms. The smallest absolute Gasteiger partial charge is 0.293 e. The van der Waals surface area contributed by atoms with Crippen molar-refractivity contribution in [3.8, 4) is 0 Å². The zero-order valence-electron chi connectivity index (χ0n) is 32.5. The molecule has 1 saturated heterocycles. The van der Waals surface area contributed by atoms with Gasteiger partial charge in [0.1, 0.15) is 19.2 Å². The predicted molar refractivity (Wildman–Crippen MR) is 197 cm³/mol. The van der Waals surface area contributed by atoms with Crippen LogP contribution in [-0.2, 0) is 63.9 Å². The molecule has 1 fully saturated rings. The highest BCUT2D eigenvalue weighted by Gasteiger charge is 2.35. The van der Waals surface area contributed by atoms with E-state index in [1.807, 2.05) is 0 Å². The maximum absolute atomic E-state index is 13.2. The van der Waals surface area contributed by atoms with Crippen LogP contribution in [0.5, 0.6) is 0 Å². The summed E-state index contributed by atoms with van der Waals surface area (Å²) in [6.07, 6.45) is 0.169. The molecule has 0 aromatic heterocycles. The molecule has 2 atom stereocenters. The van der Waals surface area contributed by atoms with Crippen LogP contribution >= 0.6 is 0 Å². The fraction of sp³-hybridized carbons (Fsp3) is 0.649. The number of aliphatic hydroxyl groups excluding tert-OH is 1. The molecule has 0 bridgehead atoms. The summed E-state index contributed by atoms with van der Waals surface area (Å²) in [7, 11) is 0. The van der Waals surface area contributed by atoms with Crippen LogP contribution in [0.25, 0.3) is 0 Å². The SMILES string of the molecule is CC1CC(=O)N(CCOCCOCCOCCOCCC(=O)N(CC(=O)NC(C(=O)NCC(=O)Nc2ccc(COC=O)cc2)C(C)C)C(C)(C)CO)C1=O. The lowest BCUT2D eigenvalue weighted by Crippen LogP contribution is -2.57. The minimum atomic E-state index is -1.10. The molecular weight excluding hydrogens is 722 g/mol. The number of rotatable bonds is 28. The van der Waals surface area contributed by atoms with Crippen molar-refractivity contribution in [1.29, 1.82) is 0 Å². The third-order valence-electron chi connectivity index (χ3n) is 8.47. The largest absolute Gasteiger partial charge is 0.463 e. The highest BCUT2D eigenvalue weighted by molar-refractivity contribution is 6.03. The van der Waals surface area contributed by atoms with E-state index in [-0.39, 0.29) is 82.6 Å². The van der Waals surface area contributed by atoms with Crippen LogP contribution in [0.3, 0.4) is 0 Å². The fourth-order valence-electron chi connectivity index (χ4n) is 5.22. The quantitative estimate of drug-likeness (QED) is 0.0500. The Morgan fingerprint density at radius 2 is 1.51 bits per heavy atom. The number of imide groups is 1. The third-order valence-corrected chi connectivity index (χ3v) is 8.47. The predicted octanol–water partition coefficient (Wildman–Crippen LogP) is 0.00610. The zero-order valence-corrected chi connectivity index (χ0v) is 32.5. The number of hydrogen-bond donors (Lipinski definition) is 4. The lowest BCUT2D eigenvalue weighted by molar-refractivity contribution is -0.144. The summed E-state index contributed by atoms with van der Waals surface area (Å²) < 4.78 is 26.5. The van der Waals surface area contributed by atoms with Gasteiger partial charge >= 0.3 is 0 Å². The fourth-order valence-corrected chi connectivity index (χ4v) is 5.22. The normalized spacial score (nSPS) is 14.8. The minimum absolute atomic E-state index is 0.0427. The Morgan fingerprint density at radius 3 is 2.04 bits per heavy atom. The van der Waals surface area contributed by atoms with E-state index >= 15 is 0 Å². The van der Waals surface area contributed by atoms with Gasteiger partial charge in [0.15, 0.2) is 0 Å². The van der Waals surface area contributed by atoms with Gasteiger partial charge in [-0.15, -0.1) is 0 Å². The second kappa shape index (κ2) is 24.8. The van der Waals surface area contributed by atoms with Crippen molar-refractivity contribution in [3.05, 3.63) is 29.8 Å². The topological polar surface area (TPSA) is 228 Å². The van der Waals surface area contributed by atoms with Crippen molar-refractivity contribution < 1.29 is 62.4 Å². The summed E-state index contributed by atoms with van der Waals surface area (Å²) in [5.41, 5.74) is 0.104. The zero-order chi connectivity index (χ0) is 40.8. The first-order chi connectivity index (χ1) is 26.2. The number of likely N-dealkylation sites (tertiary alicyclic amines) is 1. The average Bonchev–Trinajstić information content (AvgIpc) is 3.39. The van der Waals surface area contributed by atoms with Gasteiger partial charge in [0.05, 0.1) is 84.5 Å². The van der Waals surface area contributed by atoms with E-state index in [0.717, 1.165) is 5.56 Å². The Hall–Kier alpha value is -4.49. The highest BCUT2D eigenvalue weighted by atomic mass is 16.6. The number of aliphatic hydroxyl groups is 1. The molecule has 2 unspecified atom stereocenters. The summed E-state index contributed by atoms with van der Waals surface area (Å²) in [5, 5.41) is 17.8. The lowest BCUT2D eigenvalue weighted by atomic mass is 10.0. The van der Waals surface area contributed by atoms with Crippen molar-refractivity contribution in [2.24, 2.45) is 11.8 Å². The van der Waals surface area contributed by atoms with Gasteiger partial charge in [0.2, 0.25) is 35.4 Å². The molecule has 4 N–H and O–H groups in total. The van der Waals surface area contributed by atoms with Crippen molar-refractivity contribution in [1.82, 2.24) is 20.4 Å². The lowest BCUT2D eigenvalue weighted by Gasteiger charge is -2.37. The van der Waals surface area contributed by atoms with Gasteiger partial charge in [-0.25, -0.2) is 0 Å². The Kier molecular flexibility index (Phi) is 21.1. The number of anilines is 1. The second-order valence-corrected chi connectivity index (χ2v) is 13.8. The third kappa shape index (κ3) is 17.2. The number of carbonyl (C=O) groups excluding carboxylic acids is 7. The molecule has 18 heteroatoms. The minimum Gasteiger partial charge on any atom is -0.463 e. The van der Waals surface area contributed by atoms with E-state index in [4.69, 9.17) is 18.9 Å². The molecule has 0 aliphatic carbocycles. The number of benzene rings is 1. The van der Waals surface area contributed by atoms with Gasteiger partial charge < -0.3 is 49.6 Å². The van der Waals surface area contributed by atoms with E-state index in [0.29, 0.717) is 38.6 Å². The molecular formula is C37H57N5O13. The van der Waals surface area contributed by atoms with E-state index in [2.05, 4.69) is 20.7 Å². The number of ether oxygens (including phenoxy) is 5. The average molecular weight is 780 g/mol. The summed E-state index contributed by atoms with van der Waals surface area (Å²) in [4.78, 5) is 88.2. The second-order valence-electron chi connectivity index (χ2n) is 13.8. The van der Waals surface area contributed by atoms with Crippen LogP contribution < -0.4 is 16.0 Å². The van der Waals surface area contributed by atoms with Crippen molar-refractivity contribution in [2.45, 2.75) is 65.6 Å². The Balaban J connectivity index is 1.66. The van der Waals surface area contributed by atoms with E-state index in [9.17, 15) is 38.7 Å². The summed E-state index contributed by atoms with van der Waals surface area (Å²) in [6.45, 7) is 9.86. The van der Waals surface area contributed by atoms with Crippen molar-refractivity contribution in [3.63, 3.8) is 0 Å². The molecule has 1 aromatic rings. The van der Waals surface area contributed by atoms with Crippen LogP contribution in [0.1, 0.15) is 53.0 Å². The monoisotopic (exact) mass is 779 g/mol. The van der Waals surface area contributed by atoms with Gasteiger partial charge in [-0.2, -0.15) is 0 Å². The molecule has 1 aliphatic heterocycles. The van der Waals surface area contributed by atoms with Crippen molar-refractivity contribution in [2.75, 3.05) is 84.4 Å². The van der Waals surface area contributed by atoms with Gasteiger partial charge in [-0.3, -0.25) is 38.5 Å². The first-order valence-electron chi connectivity index (χ1n) is 18.3. The molecule has 6 amide bonds. The summed E-state index contributed by atoms with van der Waals surface area (Å²) in [5.74, 6) is -3.13. The number of nitrogens with zero attached hydrogens (tertiary/aromatic N) is 2. The molecule has 308 valence electrons. The van der Waals surface area contributed by atoms with Crippen molar-refractivity contribution >= 4 is 47.6 Å². The number of nitrogens with one attached hydrogen (secondary N) is 3. The maximum Gasteiger partial charge on any atom is 0.293 e. The molecule has 1 heterocycles. The summed E-state index contributed by atoms with van der Waals surface area (Å²) in [6, 6.07) is 5.59. The number of hydrogen-bond acceptors (Lipinski definition) is 13. The van der Waals surface area contributed by atoms with Crippen LogP contribution in [0.15, 0.2) is 24.3 Å². The first kappa shape index (κ1) is 46.7. The molecule has 0 radical (unpaired) electrons. The van der Waals surface area contributed by atoms with Crippen LogP contribution in [0, 0.1) is 11.8 Å². The molecule has 1 aromatic carbocycles. The molecule has 0 saturated carbocycles.